The van der Waals surface area contributed by atoms with Crippen LogP contribution < -0.4 is 4.49 Å². The van der Waals surface area contributed by atoms with Crippen LogP contribution >= 0.6 is 7.75 Å². The Kier molecular flexibility index (Phi) is 10.00. The van der Waals surface area contributed by atoms with Gasteiger partial charge in [0.1, 0.15) is 21.8 Å². The molecule has 2 aliphatic rings. The number of nitrogens with one attached hydrogen (secondary N) is 1. The zero-order valence-electron chi connectivity index (χ0n) is 25.7. The molecule has 12 heteroatoms. The normalized spacial score (nSPS) is 35.4. The lowest BCUT2D eigenvalue weighted by Gasteiger charge is -2.42. The Morgan fingerprint density at radius 1 is 0.763 bits per heavy atom. The second kappa shape index (κ2) is 11.1. The van der Waals surface area contributed by atoms with E-state index in [0.29, 0.717) is 0 Å². The molecule has 0 saturated carbocycles. The summed E-state index contributed by atoms with van der Waals surface area (Å²) in [5.74, 6) is -0.429. The van der Waals surface area contributed by atoms with Crippen molar-refractivity contribution in [2.24, 2.45) is 39.4 Å². The van der Waals surface area contributed by atoms with Gasteiger partial charge in [-0.25, -0.2) is 13.0 Å². The van der Waals surface area contributed by atoms with Crippen LogP contribution in [0.2, 0.25) is 0 Å². The van der Waals surface area contributed by atoms with E-state index in [1.165, 1.54) is 0 Å². The minimum absolute atomic E-state index is 0.00366. The maximum atomic E-state index is 14.2. The van der Waals surface area contributed by atoms with Crippen LogP contribution in [-0.4, -0.2) is 67.3 Å². The summed E-state index contributed by atoms with van der Waals surface area (Å²) in [6.45, 7) is 24.4. The molecule has 2 aliphatic heterocycles. The molecule has 2 fully saturated rings. The molecule has 0 aromatic rings. The van der Waals surface area contributed by atoms with Crippen molar-refractivity contribution in [1.29, 1.82) is 0 Å². The highest BCUT2D eigenvalue weighted by molar-refractivity contribution is 7.94. The minimum atomic E-state index is -4.44. The highest BCUT2D eigenvalue weighted by Gasteiger charge is 2.56. The van der Waals surface area contributed by atoms with Gasteiger partial charge in [-0.1, -0.05) is 83.1 Å². The monoisotopic (exact) mass is 573 g/mol. The van der Waals surface area contributed by atoms with E-state index >= 15 is 0 Å². The van der Waals surface area contributed by atoms with Crippen LogP contribution in [0.3, 0.4) is 0 Å². The van der Waals surface area contributed by atoms with Crippen LogP contribution in [0.1, 0.15) is 83.1 Å². The maximum absolute atomic E-state index is 14.2. The van der Waals surface area contributed by atoms with Crippen molar-refractivity contribution < 1.29 is 31.5 Å². The van der Waals surface area contributed by atoms with E-state index in [2.05, 4.69) is 46.0 Å². The quantitative estimate of drug-likeness (QED) is 0.343. The van der Waals surface area contributed by atoms with E-state index in [-0.39, 0.29) is 35.2 Å². The minimum Gasteiger partial charge on any atom is -0.382 e. The summed E-state index contributed by atoms with van der Waals surface area (Å²) in [7, 11) is 4.43. The topological polar surface area (TPSA) is 100 Å². The van der Waals surface area contributed by atoms with Gasteiger partial charge < -0.3 is 9.47 Å². The molecule has 4 radical (unpaired) electrons. The van der Waals surface area contributed by atoms with Gasteiger partial charge >= 0.3 is 7.75 Å². The lowest BCUT2D eigenvalue weighted by molar-refractivity contribution is -0.0385. The van der Waals surface area contributed by atoms with Crippen molar-refractivity contribution in [3.8, 4) is 0 Å². The molecule has 8 nitrogen and oxygen atoms in total. The Balaban J connectivity index is 2.45. The first-order valence-electron chi connectivity index (χ1n) is 13.4. The fraction of sp³-hybridized carbons (Fsp3) is 1.00. The van der Waals surface area contributed by atoms with Crippen LogP contribution in [0, 0.1) is 39.4 Å². The molecule has 0 aliphatic carbocycles. The summed E-state index contributed by atoms with van der Waals surface area (Å²) < 4.78 is 65.4. The number of sulfonamides is 1. The van der Waals surface area contributed by atoms with E-state index in [9.17, 15) is 13.0 Å². The molecule has 0 bridgehead atoms. The molecule has 0 amide bonds. The standard InChI is InChI=1S/C26H50B2NO7PS/c1-23(2,3)16-15(34-21(27)17(16)24(4,5)6)14-33-37(30,29-38(13,31)32)36-19-18(25(7,8)9)22(28)35-20(19)26(10,11)12/h15-22H,14H2,1-13H3,(H,29,30)/t15-,16?,17+,18+,19?,20+,21-,22-,37+/m1/s1. The van der Waals surface area contributed by atoms with E-state index in [1.807, 2.05) is 41.5 Å². The molecule has 0 aromatic carbocycles. The van der Waals surface area contributed by atoms with E-state index in [4.69, 9.17) is 34.2 Å². The van der Waals surface area contributed by atoms with Gasteiger partial charge in [0.2, 0.25) is 10.0 Å². The molecule has 9 atom stereocenters. The number of hydrogen-bond acceptors (Lipinski definition) is 7. The molecule has 2 rings (SSSR count). The Labute approximate surface area is 234 Å². The highest BCUT2D eigenvalue weighted by atomic mass is 32.2. The Morgan fingerprint density at radius 3 is 1.61 bits per heavy atom. The molecule has 38 heavy (non-hydrogen) atoms. The van der Waals surface area contributed by atoms with Crippen LogP contribution in [0.25, 0.3) is 0 Å². The Bertz CT molecular complexity index is 982. The van der Waals surface area contributed by atoms with Crippen LogP contribution in [0.5, 0.6) is 0 Å². The van der Waals surface area contributed by atoms with Crippen LogP contribution in [-0.2, 0) is 33.1 Å². The smallest absolute Gasteiger partial charge is 0.382 e. The third-order valence-corrected chi connectivity index (χ3v) is 10.8. The maximum Gasteiger partial charge on any atom is 0.419 e. The first-order chi connectivity index (χ1) is 16.7. The summed E-state index contributed by atoms with van der Waals surface area (Å²) in [6.07, 6.45) is -0.950. The van der Waals surface area contributed by atoms with Crippen molar-refractivity contribution in [3.05, 3.63) is 0 Å². The van der Waals surface area contributed by atoms with Gasteiger partial charge in [-0.2, -0.15) is 0 Å². The van der Waals surface area contributed by atoms with Crippen molar-refractivity contribution in [2.75, 3.05) is 12.9 Å². The van der Waals surface area contributed by atoms with Gasteiger partial charge in [0.15, 0.2) is 0 Å². The zero-order valence-corrected chi connectivity index (χ0v) is 27.4. The summed E-state index contributed by atoms with van der Waals surface area (Å²) >= 11 is 0. The van der Waals surface area contributed by atoms with E-state index < -0.39 is 58.9 Å². The number of hydrogen-bond donors (Lipinski definition) is 1. The first kappa shape index (κ1) is 34.3. The molecule has 0 spiro atoms. The first-order valence-corrected chi connectivity index (χ1v) is 16.8. The second-order valence-corrected chi connectivity index (χ2v) is 19.2. The SMILES string of the molecule is [B][C@@H]1O[C@H](C(C)(C)C)C(O[P@](=O)(NS(C)(=O)=O)OC[C@H]2O[C@@H]([B])[C@@H](C(C)(C)C)C2C(C)(C)C)[C@@H]1C(C)(C)C. The molecular weight excluding hydrogens is 523 g/mol. The lowest BCUT2D eigenvalue weighted by Crippen LogP contribution is -2.44. The van der Waals surface area contributed by atoms with Gasteiger partial charge in [-0.05, 0) is 33.5 Å². The number of rotatable bonds is 7. The van der Waals surface area contributed by atoms with Crippen LogP contribution in [0.4, 0.5) is 0 Å². The highest BCUT2D eigenvalue weighted by Crippen LogP contribution is 2.56. The third kappa shape index (κ3) is 8.33. The fourth-order valence-corrected chi connectivity index (χ4v) is 9.17. The van der Waals surface area contributed by atoms with Crippen molar-refractivity contribution >= 4 is 33.5 Å². The molecule has 2 saturated heterocycles. The van der Waals surface area contributed by atoms with Gasteiger partial charge in [0, 0.05) is 17.9 Å². The second-order valence-electron chi connectivity index (χ2n) is 15.4. The van der Waals surface area contributed by atoms with Gasteiger partial charge in [-0.3, -0.25) is 9.05 Å². The fourth-order valence-electron chi connectivity index (χ4n) is 6.20. The van der Waals surface area contributed by atoms with Crippen LogP contribution in [0.15, 0.2) is 0 Å². The molecule has 0 aromatic heterocycles. The Hall–Kier alpha value is 0.110. The summed E-state index contributed by atoms with van der Waals surface area (Å²) in [5, 5.41) is 0. The predicted octanol–water partition coefficient (Wildman–Crippen LogP) is 4.87. The molecule has 2 heterocycles. The molecule has 2 unspecified atom stereocenters. The van der Waals surface area contributed by atoms with Gasteiger partial charge in [0.25, 0.3) is 0 Å². The molecule has 1 N–H and O–H groups in total. The summed E-state index contributed by atoms with van der Waals surface area (Å²) in [5.41, 5.74) is -1.19. The van der Waals surface area contributed by atoms with Crippen molar-refractivity contribution in [3.63, 3.8) is 0 Å². The Morgan fingerprint density at radius 2 is 1.21 bits per heavy atom. The third-order valence-electron chi connectivity index (χ3n) is 7.58. The number of ether oxygens (including phenoxy) is 2. The summed E-state index contributed by atoms with van der Waals surface area (Å²) in [4.78, 5) is 0. The van der Waals surface area contributed by atoms with Crippen molar-refractivity contribution in [1.82, 2.24) is 4.49 Å². The van der Waals surface area contributed by atoms with E-state index in [0.717, 1.165) is 6.26 Å². The predicted molar refractivity (Wildman–Crippen MR) is 154 cm³/mol. The molecular formula is C26H50B2NO7PS. The zero-order chi connectivity index (χ0) is 29.9. The largest absolute Gasteiger partial charge is 0.419 e. The average Bonchev–Trinajstić information content (AvgIpc) is 3.14. The van der Waals surface area contributed by atoms with Crippen molar-refractivity contribution in [2.45, 2.75) is 113 Å². The lowest BCUT2D eigenvalue weighted by atomic mass is 9.59. The summed E-state index contributed by atoms with van der Waals surface area (Å²) in [6, 6.07) is -1.24. The van der Waals surface area contributed by atoms with E-state index in [1.54, 1.807) is 0 Å². The molecule has 218 valence electrons. The van der Waals surface area contributed by atoms with Gasteiger partial charge in [0.05, 0.1) is 25.1 Å². The van der Waals surface area contributed by atoms with Gasteiger partial charge in [-0.15, -0.1) is 4.49 Å². The average molecular weight is 573 g/mol.